The van der Waals surface area contributed by atoms with Crippen LogP contribution >= 0.6 is 0 Å². The number of hydrogen-bond donors (Lipinski definition) is 0. The van der Waals surface area contributed by atoms with Crippen LogP contribution < -0.4 is 9.64 Å². The van der Waals surface area contributed by atoms with Crippen molar-refractivity contribution in [2.45, 2.75) is 19.8 Å². The first-order valence-corrected chi connectivity index (χ1v) is 8.51. The van der Waals surface area contributed by atoms with Crippen LogP contribution in [0.3, 0.4) is 0 Å². The Hall–Kier alpha value is -3.15. The topological polar surface area (TPSA) is 68.2 Å². The summed E-state index contributed by atoms with van der Waals surface area (Å²) in [6.45, 7) is 2.73. The number of carbonyl (C=O) groups is 2. The van der Waals surface area contributed by atoms with Crippen molar-refractivity contribution in [3.8, 4) is 5.75 Å². The molecule has 26 heavy (non-hydrogen) atoms. The van der Waals surface area contributed by atoms with E-state index in [1.807, 2.05) is 12.1 Å². The highest BCUT2D eigenvalue weighted by Crippen LogP contribution is 2.27. The fourth-order valence-electron chi connectivity index (χ4n) is 2.60. The first-order valence-electron chi connectivity index (χ1n) is 8.51. The van der Waals surface area contributed by atoms with Crippen molar-refractivity contribution in [3.63, 3.8) is 0 Å². The van der Waals surface area contributed by atoms with Crippen LogP contribution in [0.2, 0.25) is 0 Å². The molecule has 0 saturated heterocycles. The minimum atomic E-state index is -0.627. The Kier molecular flexibility index (Phi) is 5.31. The maximum Gasteiger partial charge on any atom is 0.365 e. The van der Waals surface area contributed by atoms with Gasteiger partial charge in [-0.05, 0) is 36.8 Å². The van der Waals surface area contributed by atoms with Crippen molar-refractivity contribution in [3.05, 3.63) is 59.7 Å². The number of nitrogens with zero attached hydrogens (tertiary/aromatic N) is 2. The summed E-state index contributed by atoms with van der Waals surface area (Å²) in [5, 5.41) is 3.80. The Labute approximate surface area is 152 Å². The number of unbranched alkanes of at least 4 members (excludes halogenated alkanes) is 1. The van der Waals surface area contributed by atoms with E-state index in [2.05, 4.69) is 12.1 Å². The molecule has 0 spiro atoms. The summed E-state index contributed by atoms with van der Waals surface area (Å²) >= 11 is 0. The molecule has 0 aromatic heterocycles. The van der Waals surface area contributed by atoms with E-state index in [9.17, 15) is 9.59 Å². The van der Waals surface area contributed by atoms with Crippen molar-refractivity contribution in [1.82, 2.24) is 0 Å². The smallest absolute Gasteiger partial charge is 0.365 e. The lowest BCUT2D eigenvalue weighted by molar-refractivity contribution is -0.112. The molecule has 1 aliphatic heterocycles. The highest BCUT2D eigenvalue weighted by atomic mass is 16.7. The first kappa shape index (κ1) is 17.7. The molecule has 1 heterocycles. The van der Waals surface area contributed by atoms with Crippen LogP contribution in [-0.4, -0.2) is 31.2 Å². The maximum atomic E-state index is 12.3. The molecule has 0 radical (unpaired) electrons. The minimum Gasteiger partial charge on any atom is -0.494 e. The van der Waals surface area contributed by atoms with Crippen molar-refractivity contribution in [1.29, 1.82) is 0 Å². The number of benzene rings is 2. The Morgan fingerprint density at radius 1 is 1.12 bits per heavy atom. The minimum absolute atomic E-state index is 0.121. The zero-order chi connectivity index (χ0) is 18.5. The van der Waals surface area contributed by atoms with Gasteiger partial charge in [0.25, 0.3) is 5.91 Å². The predicted octanol–water partition coefficient (Wildman–Crippen LogP) is 3.40. The Balaban J connectivity index is 1.69. The molecule has 0 unspecified atom stereocenters. The van der Waals surface area contributed by atoms with Gasteiger partial charge in [-0.25, -0.2) is 4.79 Å². The molecule has 0 fully saturated rings. The lowest BCUT2D eigenvalue weighted by atomic mass is 10.1. The summed E-state index contributed by atoms with van der Waals surface area (Å²) in [4.78, 5) is 30.9. The molecule has 0 saturated carbocycles. The zero-order valence-corrected chi connectivity index (χ0v) is 14.8. The van der Waals surface area contributed by atoms with Gasteiger partial charge >= 0.3 is 5.97 Å². The quantitative estimate of drug-likeness (QED) is 0.454. The molecule has 6 heteroatoms. The van der Waals surface area contributed by atoms with Crippen LogP contribution in [0.5, 0.6) is 5.75 Å². The van der Waals surface area contributed by atoms with Gasteiger partial charge in [0, 0.05) is 12.6 Å². The van der Waals surface area contributed by atoms with Crippen LogP contribution in [-0.2, 0) is 9.63 Å². The van der Waals surface area contributed by atoms with Gasteiger partial charge in [0.15, 0.2) is 5.71 Å². The van der Waals surface area contributed by atoms with Gasteiger partial charge in [0.1, 0.15) is 5.75 Å². The number of ether oxygens (including phenoxy) is 1. The Morgan fingerprint density at radius 2 is 1.85 bits per heavy atom. The number of fused-ring (bicyclic) bond motifs is 1. The Morgan fingerprint density at radius 3 is 2.58 bits per heavy atom. The molecular formula is C20H20N2O4. The number of likely N-dealkylation sites (N-methyl/N-ethyl adjacent to an activating group) is 1. The second-order valence-corrected chi connectivity index (χ2v) is 5.93. The van der Waals surface area contributed by atoms with Crippen molar-refractivity contribution >= 4 is 23.3 Å². The van der Waals surface area contributed by atoms with Crippen LogP contribution in [0.15, 0.2) is 53.7 Å². The number of amides is 1. The molecule has 3 rings (SSSR count). The fourth-order valence-corrected chi connectivity index (χ4v) is 2.60. The number of rotatable bonds is 6. The Bertz CT molecular complexity index is 843. The zero-order valence-electron chi connectivity index (χ0n) is 14.8. The van der Waals surface area contributed by atoms with E-state index < -0.39 is 5.97 Å². The summed E-state index contributed by atoms with van der Waals surface area (Å²) in [6.07, 6.45) is 2.03. The van der Waals surface area contributed by atoms with Gasteiger partial charge in [-0.2, -0.15) is 0 Å². The molecule has 2 aromatic rings. The third-order valence-corrected chi connectivity index (χ3v) is 4.10. The highest BCUT2D eigenvalue weighted by Gasteiger charge is 2.32. The van der Waals surface area contributed by atoms with Crippen molar-refractivity contribution in [2.75, 3.05) is 18.6 Å². The third kappa shape index (κ3) is 3.59. The molecule has 0 atom stereocenters. The third-order valence-electron chi connectivity index (χ3n) is 4.10. The summed E-state index contributed by atoms with van der Waals surface area (Å²) in [5.74, 6) is -0.237. The molecule has 1 aliphatic rings. The number of hydrogen-bond acceptors (Lipinski definition) is 5. The number of oxime groups is 1. The highest BCUT2D eigenvalue weighted by molar-refractivity contribution is 6.54. The molecule has 6 nitrogen and oxygen atoms in total. The number of anilines is 1. The van der Waals surface area contributed by atoms with Gasteiger partial charge in [0.2, 0.25) is 0 Å². The first-order chi connectivity index (χ1) is 12.6. The normalized spacial score (nSPS) is 14.5. The van der Waals surface area contributed by atoms with E-state index in [4.69, 9.17) is 9.57 Å². The summed E-state index contributed by atoms with van der Waals surface area (Å²) < 4.78 is 5.56. The van der Waals surface area contributed by atoms with Gasteiger partial charge in [-0.15, -0.1) is 0 Å². The van der Waals surface area contributed by atoms with E-state index in [0.29, 0.717) is 23.5 Å². The molecule has 0 bridgehead atoms. The van der Waals surface area contributed by atoms with E-state index in [1.54, 1.807) is 43.4 Å². The lowest BCUT2D eigenvalue weighted by Gasteiger charge is -2.07. The van der Waals surface area contributed by atoms with Crippen LogP contribution in [0, 0.1) is 0 Å². The van der Waals surface area contributed by atoms with E-state index >= 15 is 0 Å². The van der Waals surface area contributed by atoms with E-state index in [1.165, 1.54) is 4.90 Å². The predicted molar refractivity (Wildman–Crippen MR) is 98.6 cm³/mol. The molecule has 0 aliphatic carbocycles. The molecule has 2 aromatic carbocycles. The van der Waals surface area contributed by atoms with Gasteiger partial charge in [0.05, 0.1) is 17.9 Å². The monoisotopic (exact) mass is 352 g/mol. The van der Waals surface area contributed by atoms with Crippen LogP contribution in [0.1, 0.15) is 35.7 Å². The standard InChI is InChI=1S/C20H20N2O4/c1-3-4-13-25-15-11-9-14(10-12-15)20(24)26-21-18-16-7-5-6-8-17(16)22(2)19(18)23/h5-12H,3-4,13H2,1-2H3/b21-18+. The summed E-state index contributed by atoms with van der Waals surface area (Å²) in [5.41, 5.74) is 1.84. The second-order valence-electron chi connectivity index (χ2n) is 5.93. The largest absolute Gasteiger partial charge is 0.494 e. The average molecular weight is 352 g/mol. The van der Waals surface area contributed by atoms with Gasteiger partial charge in [-0.1, -0.05) is 36.7 Å². The van der Waals surface area contributed by atoms with Gasteiger partial charge < -0.3 is 14.5 Å². The van der Waals surface area contributed by atoms with E-state index in [-0.39, 0.29) is 11.6 Å². The SMILES string of the molecule is CCCCOc1ccc(C(=O)O/N=C2/C(=O)N(C)c3ccccc32)cc1. The van der Waals surface area contributed by atoms with E-state index in [0.717, 1.165) is 18.5 Å². The van der Waals surface area contributed by atoms with Crippen LogP contribution in [0.25, 0.3) is 0 Å². The fraction of sp³-hybridized carbons (Fsp3) is 0.250. The van der Waals surface area contributed by atoms with Crippen molar-refractivity contribution in [2.24, 2.45) is 5.16 Å². The van der Waals surface area contributed by atoms with Crippen LogP contribution in [0.4, 0.5) is 5.69 Å². The summed E-state index contributed by atoms with van der Waals surface area (Å²) in [7, 11) is 1.66. The van der Waals surface area contributed by atoms with Crippen molar-refractivity contribution < 1.29 is 19.2 Å². The number of para-hydroxylation sites is 1. The lowest BCUT2D eigenvalue weighted by Crippen LogP contribution is -2.25. The average Bonchev–Trinajstić information content (AvgIpc) is 2.91. The molecule has 134 valence electrons. The molecule has 0 N–H and O–H groups in total. The maximum absolute atomic E-state index is 12.3. The summed E-state index contributed by atoms with van der Waals surface area (Å²) in [6, 6.07) is 13.9. The van der Waals surface area contributed by atoms with Gasteiger partial charge in [-0.3, -0.25) is 4.79 Å². The molecular weight excluding hydrogens is 332 g/mol. The number of carbonyl (C=O) groups excluding carboxylic acids is 2. The molecule has 1 amide bonds. The second kappa shape index (κ2) is 7.82.